The maximum atomic E-state index is 12.8. The molecule has 0 unspecified atom stereocenters. The van der Waals surface area contributed by atoms with Crippen molar-refractivity contribution < 1.29 is 9.90 Å². The van der Waals surface area contributed by atoms with E-state index in [-0.39, 0.29) is 30.5 Å². The minimum atomic E-state index is -0.00267. The van der Waals surface area contributed by atoms with Crippen LogP contribution in [0.15, 0.2) is 54.9 Å². The summed E-state index contributed by atoms with van der Waals surface area (Å²) in [6.07, 6.45) is 9.21. The van der Waals surface area contributed by atoms with E-state index in [4.69, 9.17) is 0 Å². The number of carbonyl (C=O) groups excluding carboxylic acids is 1. The van der Waals surface area contributed by atoms with Crippen LogP contribution in [0.5, 0.6) is 0 Å². The summed E-state index contributed by atoms with van der Waals surface area (Å²) in [5.41, 5.74) is 4.58. The van der Waals surface area contributed by atoms with Gasteiger partial charge < -0.3 is 15.3 Å². The number of rotatable bonds is 7. The minimum Gasteiger partial charge on any atom is -0.395 e. The van der Waals surface area contributed by atoms with Crippen molar-refractivity contribution in [2.75, 3.05) is 19.7 Å². The maximum Gasteiger partial charge on any atom is 0.255 e. The molecule has 152 valence electrons. The minimum absolute atomic E-state index is 0.00267. The van der Waals surface area contributed by atoms with Crippen LogP contribution in [0.4, 0.5) is 0 Å². The highest BCUT2D eigenvalue weighted by Gasteiger charge is 2.42. The van der Waals surface area contributed by atoms with Crippen LogP contribution in [-0.2, 0) is 0 Å². The van der Waals surface area contributed by atoms with E-state index in [2.05, 4.69) is 40.6 Å². The third kappa shape index (κ3) is 4.11. The fourth-order valence-electron chi connectivity index (χ4n) is 4.56. The van der Waals surface area contributed by atoms with Gasteiger partial charge in [0.15, 0.2) is 0 Å². The SMILES string of the molecule is CCN(C[C@H]1N[C@H](CO)[C@H]1c1ccc(C2=CCCC2)cc1)C(=O)c1cccnc1. The Morgan fingerprint density at radius 1 is 1.24 bits per heavy atom. The van der Waals surface area contributed by atoms with E-state index in [0.29, 0.717) is 18.7 Å². The van der Waals surface area contributed by atoms with Crippen LogP contribution in [-0.4, -0.2) is 52.7 Å². The number of hydrogen-bond donors (Lipinski definition) is 2. The quantitative estimate of drug-likeness (QED) is 0.761. The number of amides is 1. The van der Waals surface area contributed by atoms with Gasteiger partial charge in [-0.1, -0.05) is 30.3 Å². The molecule has 1 aliphatic heterocycles. The summed E-state index contributed by atoms with van der Waals surface area (Å²) in [7, 11) is 0. The molecule has 3 atom stereocenters. The van der Waals surface area contributed by atoms with Gasteiger partial charge in [0, 0.05) is 43.5 Å². The molecule has 4 rings (SSSR count). The normalized spacial score (nSPS) is 23.4. The summed E-state index contributed by atoms with van der Waals surface area (Å²) in [5.74, 6) is 0.194. The van der Waals surface area contributed by atoms with Gasteiger partial charge in [-0.15, -0.1) is 0 Å². The number of aromatic nitrogens is 1. The van der Waals surface area contributed by atoms with E-state index in [1.54, 1.807) is 24.5 Å². The number of aliphatic hydroxyl groups excluding tert-OH is 1. The molecule has 1 aromatic carbocycles. The molecule has 2 aromatic rings. The average molecular weight is 392 g/mol. The molecule has 1 amide bonds. The number of nitrogens with zero attached hydrogens (tertiary/aromatic N) is 2. The van der Waals surface area contributed by atoms with Gasteiger partial charge in [0.05, 0.1) is 12.2 Å². The average Bonchev–Trinajstić information content (AvgIpc) is 3.29. The Morgan fingerprint density at radius 3 is 2.69 bits per heavy atom. The van der Waals surface area contributed by atoms with Crippen LogP contribution in [0, 0.1) is 0 Å². The van der Waals surface area contributed by atoms with Gasteiger partial charge in [-0.05, 0) is 55.0 Å². The highest BCUT2D eigenvalue weighted by molar-refractivity contribution is 5.93. The summed E-state index contributed by atoms with van der Waals surface area (Å²) in [5, 5.41) is 13.2. The Bertz CT molecular complexity index is 863. The van der Waals surface area contributed by atoms with Gasteiger partial charge in [0.1, 0.15) is 0 Å². The molecule has 2 N–H and O–H groups in total. The highest BCUT2D eigenvalue weighted by atomic mass is 16.3. The van der Waals surface area contributed by atoms with Crippen molar-refractivity contribution in [2.24, 2.45) is 0 Å². The summed E-state index contributed by atoms with van der Waals surface area (Å²) >= 11 is 0. The number of likely N-dealkylation sites (N-methyl/N-ethyl adjacent to an activating group) is 1. The largest absolute Gasteiger partial charge is 0.395 e. The lowest BCUT2D eigenvalue weighted by atomic mass is 9.77. The van der Waals surface area contributed by atoms with Gasteiger partial charge in [0.2, 0.25) is 0 Å². The van der Waals surface area contributed by atoms with Gasteiger partial charge in [-0.25, -0.2) is 0 Å². The molecular weight excluding hydrogens is 362 g/mol. The maximum absolute atomic E-state index is 12.8. The van der Waals surface area contributed by atoms with Crippen LogP contribution < -0.4 is 5.32 Å². The van der Waals surface area contributed by atoms with Crippen LogP contribution >= 0.6 is 0 Å². The van der Waals surface area contributed by atoms with Crippen molar-refractivity contribution in [3.8, 4) is 0 Å². The second-order valence-electron chi connectivity index (χ2n) is 7.92. The lowest BCUT2D eigenvalue weighted by molar-refractivity contribution is 0.0641. The van der Waals surface area contributed by atoms with E-state index in [1.807, 2.05) is 11.8 Å². The fraction of sp³-hybridized carbons (Fsp3) is 0.417. The first-order chi connectivity index (χ1) is 14.2. The molecule has 1 saturated heterocycles. The first-order valence-corrected chi connectivity index (χ1v) is 10.6. The van der Waals surface area contributed by atoms with E-state index in [0.717, 1.165) is 6.42 Å². The number of benzene rings is 1. The molecule has 0 saturated carbocycles. The van der Waals surface area contributed by atoms with E-state index in [1.165, 1.54) is 29.5 Å². The Kier molecular flexibility index (Phi) is 6.07. The van der Waals surface area contributed by atoms with Gasteiger partial charge in [0.25, 0.3) is 5.91 Å². The molecule has 2 heterocycles. The molecule has 0 bridgehead atoms. The zero-order valence-corrected chi connectivity index (χ0v) is 16.9. The Morgan fingerprint density at radius 2 is 2.07 bits per heavy atom. The molecule has 5 nitrogen and oxygen atoms in total. The smallest absolute Gasteiger partial charge is 0.255 e. The molecule has 5 heteroatoms. The molecule has 29 heavy (non-hydrogen) atoms. The zero-order chi connectivity index (χ0) is 20.2. The van der Waals surface area contributed by atoms with Crippen molar-refractivity contribution in [1.29, 1.82) is 0 Å². The van der Waals surface area contributed by atoms with Crippen LogP contribution in [0.1, 0.15) is 53.6 Å². The molecule has 1 aromatic heterocycles. The monoisotopic (exact) mass is 391 g/mol. The topological polar surface area (TPSA) is 65.5 Å². The predicted molar refractivity (Wildman–Crippen MR) is 115 cm³/mol. The predicted octanol–water partition coefficient (Wildman–Crippen LogP) is 3.23. The summed E-state index contributed by atoms with van der Waals surface area (Å²) in [4.78, 5) is 18.8. The standard InChI is InChI=1S/C24H29N3O2/c1-2-27(24(29)20-8-5-13-25-14-20)15-21-23(22(16-28)26-21)19-11-9-18(10-12-19)17-6-3-4-7-17/h5-6,8-14,21-23,26,28H,2-4,7,15-16H2,1H3/t21-,22-,23+/m1/s1. The first kappa shape index (κ1) is 19.8. The van der Waals surface area contributed by atoms with E-state index < -0.39 is 0 Å². The third-order valence-corrected chi connectivity index (χ3v) is 6.19. The van der Waals surface area contributed by atoms with E-state index in [9.17, 15) is 9.90 Å². The lowest BCUT2D eigenvalue weighted by Crippen LogP contribution is -2.65. The Labute approximate surface area is 172 Å². The Hall–Kier alpha value is -2.50. The molecule has 1 aliphatic carbocycles. The first-order valence-electron chi connectivity index (χ1n) is 10.6. The van der Waals surface area contributed by atoms with Crippen LogP contribution in [0.3, 0.4) is 0 Å². The van der Waals surface area contributed by atoms with Crippen molar-refractivity contribution in [3.63, 3.8) is 0 Å². The van der Waals surface area contributed by atoms with Crippen molar-refractivity contribution in [3.05, 3.63) is 71.6 Å². The molecule has 1 fully saturated rings. The second-order valence-corrected chi connectivity index (χ2v) is 7.92. The number of aliphatic hydroxyl groups is 1. The molecule has 0 spiro atoms. The van der Waals surface area contributed by atoms with Gasteiger partial charge >= 0.3 is 0 Å². The zero-order valence-electron chi connectivity index (χ0n) is 16.9. The summed E-state index contributed by atoms with van der Waals surface area (Å²) < 4.78 is 0. The van der Waals surface area contributed by atoms with Crippen LogP contribution in [0.25, 0.3) is 5.57 Å². The number of allylic oxidation sites excluding steroid dienone is 2. The van der Waals surface area contributed by atoms with Crippen molar-refractivity contribution >= 4 is 11.5 Å². The number of nitrogens with one attached hydrogen (secondary N) is 1. The fourth-order valence-corrected chi connectivity index (χ4v) is 4.56. The van der Waals surface area contributed by atoms with Gasteiger partial charge in [-0.2, -0.15) is 0 Å². The Balaban J connectivity index is 1.48. The van der Waals surface area contributed by atoms with Crippen molar-refractivity contribution in [1.82, 2.24) is 15.2 Å². The van der Waals surface area contributed by atoms with E-state index >= 15 is 0 Å². The summed E-state index contributed by atoms with van der Waals surface area (Å²) in [6.45, 7) is 3.33. The molecule has 0 radical (unpaired) electrons. The molecule has 2 aliphatic rings. The number of pyridine rings is 1. The molecular formula is C24H29N3O2. The number of hydrogen-bond acceptors (Lipinski definition) is 4. The van der Waals surface area contributed by atoms with Crippen LogP contribution in [0.2, 0.25) is 0 Å². The lowest BCUT2D eigenvalue weighted by Gasteiger charge is -2.47. The third-order valence-electron chi connectivity index (χ3n) is 6.19. The summed E-state index contributed by atoms with van der Waals surface area (Å²) in [6, 6.07) is 12.5. The van der Waals surface area contributed by atoms with Gasteiger partial charge in [-0.3, -0.25) is 9.78 Å². The second kappa shape index (κ2) is 8.89. The highest BCUT2D eigenvalue weighted by Crippen LogP contribution is 2.34. The van der Waals surface area contributed by atoms with Crippen molar-refractivity contribution in [2.45, 2.75) is 44.2 Å². The number of carbonyl (C=O) groups is 1.